The summed E-state index contributed by atoms with van der Waals surface area (Å²) in [6.07, 6.45) is 0.613. The van der Waals surface area contributed by atoms with Crippen molar-refractivity contribution in [2.75, 3.05) is 33.4 Å². The Kier molecular flexibility index (Phi) is 7.12. The number of fused-ring (bicyclic) bond motifs is 1. The maximum atomic E-state index is 13.4. The summed E-state index contributed by atoms with van der Waals surface area (Å²) in [5.41, 5.74) is 8.26. The zero-order valence-corrected chi connectivity index (χ0v) is 18.7. The fourth-order valence-corrected chi connectivity index (χ4v) is 4.14. The first kappa shape index (κ1) is 22.6. The lowest BCUT2D eigenvalue weighted by Crippen LogP contribution is -2.43. The molecule has 4 rings (SSSR count). The highest BCUT2D eigenvalue weighted by Crippen LogP contribution is 2.33. The van der Waals surface area contributed by atoms with Crippen molar-refractivity contribution in [3.63, 3.8) is 0 Å². The number of nitrogens with two attached hydrogens (primary N) is 1. The quantitative estimate of drug-likeness (QED) is 0.550. The van der Waals surface area contributed by atoms with E-state index >= 15 is 0 Å². The Balaban J connectivity index is 1.63. The molecule has 7 heteroatoms. The minimum absolute atomic E-state index is 0.0137. The molecule has 0 aromatic heterocycles. The largest absolute Gasteiger partial charge is 0.383 e. The number of methoxy groups -OCH3 is 1. The van der Waals surface area contributed by atoms with Crippen LogP contribution in [0, 0.1) is 0 Å². The van der Waals surface area contributed by atoms with Crippen molar-refractivity contribution >= 4 is 28.3 Å². The predicted octanol–water partition coefficient (Wildman–Crippen LogP) is 2.95. The molecule has 33 heavy (non-hydrogen) atoms. The SMILES string of the molecule is COCCN(CC(N)=O)CC(=O)N1N=C(c2ccc3ccccc3c2)CC1c1ccccc1. The highest BCUT2D eigenvalue weighted by Gasteiger charge is 2.33. The van der Waals surface area contributed by atoms with E-state index in [-0.39, 0.29) is 25.0 Å². The molecule has 1 unspecified atom stereocenters. The Hall–Kier alpha value is -3.55. The minimum atomic E-state index is -0.486. The third kappa shape index (κ3) is 5.45. The van der Waals surface area contributed by atoms with Gasteiger partial charge in [-0.1, -0.05) is 66.7 Å². The molecule has 3 aromatic carbocycles. The lowest BCUT2D eigenvalue weighted by molar-refractivity contribution is -0.134. The first-order valence-corrected chi connectivity index (χ1v) is 11.0. The third-order valence-electron chi connectivity index (χ3n) is 5.78. The molecule has 0 fully saturated rings. The highest BCUT2D eigenvalue weighted by atomic mass is 16.5. The van der Waals surface area contributed by atoms with Gasteiger partial charge in [-0.2, -0.15) is 5.10 Å². The van der Waals surface area contributed by atoms with E-state index in [1.54, 1.807) is 17.0 Å². The van der Waals surface area contributed by atoms with Gasteiger partial charge in [0.25, 0.3) is 5.91 Å². The van der Waals surface area contributed by atoms with Gasteiger partial charge in [-0.05, 0) is 28.0 Å². The van der Waals surface area contributed by atoms with E-state index in [2.05, 4.69) is 30.3 Å². The molecule has 0 saturated carbocycles. The van der Waals surface area contributed by atoms with E-state index < -0.39 is 5.91 Å². The van der Waals surface area contributed by atoms with Gasteiger partial charge in [0.05, 0.1) is 31.4 Å². The molecule has 1 heterocycles. The van der Waals surface area contributed by atoms with Crippen LogP contribution in [-0.2, 0) is 14.3 Å². The van der Waals surface area contributed by atoms with Crippen LogP contribution in [0.3, 0.4) is 0 Å². The normalized spacial score (nSPS) is 15.8. The van der Waals surface area contributed by atoms with E-state index in [0.29, 0.717) is 19.6 Å². The number of primary amides is 1. The standard InChI is InChI=1S/C26H28N4O3/c1-33-14-13-29(17-25(27)31)18-26(32)30-24(20-8-3-2-4-9-20)16-23(28-30)22-12-11-19-7-5-6-10-21(19)15-22/h2-12,15,24H,13-14,16-18H2,1H3,(H2,27,31). The maximum absolute atomic E-state index is 13.4. The summed E-state index contributed by atoms with van der Waals surface area (Å²) in [6.45, 7) is 0.842. The average molecular weight is 445 g/mol. The molecular formula is C26H28N4O3. The van der Waals surface area contributed by atoms with Gasteiger partial charge < -0.3 is 10.5 Å². The molecule has 2 amide bonds. The van der Waals surface area contributed by atoms with Crippen LogP contribution in [-0.4, -0.2) is 60.8 Å². The second kappa shape index (κ2) is 10.4. The van der Waals surface area contributed by atoms with Gasteiger partial charge in [-0.3, -0.25) is 14.5 Å². The van der Waals surface area contributed by atoms with Crippen molar-refractivity contribution in [2.45, 2.75) is 12.5 Å². The lowest BCUT2D eigenvalue weighted by atomic mass is 9.97. The Labute approximate surface area is 193 Å². The van der Waals surface area contributed by atoms with Crippen LogP contribution in [0.5, 0.6) is 0 Å². The van der Waals surface area contributed by atoms with Gasteiger partial charge in [0, 0.05) is 20.1 Å². The second-order valence-electron chi connectivity index (χ2n) is 8.15. The topological polar surface area (TPSA) is 88.2 Å². The van der Waals surface area contributed by atoms with Crippen LogP contribution in [0.1, 0.15) is 23.6 Å². The highest BCUT2D eigenvalue weighted by molar-refractivity contribution is 6.05. The summed E-state index contributed by atoms with van der Waals surface area (Å²) in [6, 6.07) is 24.1. The monoisotopic (exact) mass is 444 g/mol. The van der Waals surface area contributed by atoms with E-state index in [1.165, 1.54) is 0 Å². The molecule has 170 valence electrons. The molecule has 0 radical (unpaired) electrons. The van der Waals surface area contributed by atoms with Gasteiger partial charge in [0.1, 0.15) is 0 Å². The number of nitrogens with zero attached hydrogens (tertiary/aromatic N) is 3. The fraction of sp³-hybridized carbons (Fsp3) is 0.269. The van der Waals surface area contributed by atoms with Crippen LogP contribution < -0.4 is 5.73 Å². The molecule has 7 nitrogen and oxygen atoms in total. The third-order valence-corrected chi connectivity index (χ3v) is 5.78. The Morgan fingerprint density at radius 2 is 1.76 bits per heavy atom. The molecule has 0 spiro atoms. The van der Waals surface area contributed by atoms with Crippen LogP contribution >= 0.6 is 0 Å². The van der Waals surface area contributed by atoms with Crippen molar-refractivity contribution in [2.24, 2.45) is 10.8 Å². The Morgan fingerprint density at radius 1 is 1.03 bits per heavy atom. The van der Waals surface area contributed by atoms with Crippen LogP contribution in [0.4, 0.5) is 0 Å². The van der Waals surface area contributed by atoms with E-state index in [9.17, 15) is 9.59 Å². The summed E-state index contributed by atoms with van der Waals surface area (Å²) in [4.78, 5) is 26.5. The van der Waals surface area contributed by atoms with Gasteiger partial charge in [-0.25, -0.2) is 5.01 Å². The summed E-state index contributed by atoms with van der Waals surface area (Å²) in [5, 5.41) is 8.61. The van der Waals surface area contributed by atoms with Crippen molar-refractivity contribution in [3.8, 4) is 0 Å². The van der Waals surface area contributed by atoms with Crippen molar-refractivity contribution in [1.82, 2.24) is 9.91 Å². The number of hydrogen-bond acceptors (Lipinski definition) is 5. The number of benzene rings is 3. The smallest absolute Gasteiger partial charge is 0.257 e. The zero-order valence-electron chi connectivity index (χ0n) is 18.7. The molecule has 1 aliphatic heterocycles. The number of amides is 2. The van der Waals surface area contributed by atoms with Gasteiger partial charge in [0.2, 0.25) is 5.91 Å². The van der Waals surface area contributed by atoms with Crippen molar-refractivity contribution in [3.05, 3.63) is 83.9 Å². The van der Waals surface area contributed by atoms with Crippen molar-refractivity contribution < 1.29 is 14.3 Å². The molecule has 2 N–H and O–H groups in total. The fourth-order valence-electron chi connectivity index (χ4n) is 4.14. The number of ether oxygens (including phenoxy) is 1. The molecule has 1 aliphatic rings. The number of rotatable bonds is 9. The van der Waals surface area contributed by atoms with E-state index in [4.69, 9.17) is 15.6 Å². The first-order chi connectivity index (χ1) is 16.0. The molecular weight excluding hydrogens is 416 g/mol. The predicted molar refractivity (Wildman–Crippen MR) is 129 cm³/mol. The Bertz CT molecular complexity index is 1160. The van der Waals surface area contributed by atoms with Gasteiger partial charge >= 0.3 is 0 Å². The van der Waals surface area contributed by atoms with E-state index in [1.807, 2.05) is 42.5 Å². The first-order valence-electron chi connectivity index (χ1n) is 11.0. The summed E-state index contributed by atoms with van der Waals surface area (Å²) < 4.78 is 5.12. The minimum Gasteiger partial charge on any atom is -0.383 e. The summed E-state index contributed by atoms with van der Waals surface area (Å²) >= 11 is 0. The molecule has 1 atom stereocenters. The van der Waals surface area contributed by atoms with Crippen LogP contribution in [0.2, 0.25) is 0 Å². The van der Waals surface area contributed by atoms with Crippen molar-refractivity contribution in [1.29, 1.82) is 0 Å². The summed E-state index contributed by atoms with van der Waals surface area (Å²) in [5.74, 6) is -0.669. The van der Waals surface area contributed by atoms with Gasteiger partial charge in [0.15, 0.2) is 0 Å². The molecule has 0 bridgehead atoms. The second-order valence-corrected chi connectivity index (χ2v) is 8.15. The number of carbonyl (C=O) groups excluding carboxylic acids is 2. The lowest BCUT2D eigenvalue weighted by Gasteiger charge is -2.26. The Morgan fingerprint density at radius 3 is 2.48 bits per heavy atom. The number of carbonyl (C=O) groups is 2. The zero-order chi connectivity index (χ0) is 23.2. The van der Waals surface area contributed by atoms with Crippen LogP contribution in [0.15, 0.2) is 77.9 Å². The average Bonchev–Trinajstić information content (AvgIpc) is 3.28. The van der Waals surface area contributed by atoms with Gasteiger partial charge in [-0.15, -0.1) is 0 Å². The number of hydrogen-bond donors (Lipinski definition) is 1. The number of hydrazone groups is 1. The summed E-state index contributed by atoms with van der Waals surface area (Å²) in [7, 11) is 1.58. The molecule has 0 saturated heterocycles. The maximum Gasteiger partial charge on any atom is 0.257 e. The van der Waals surface area contributed by atoms with E-state index in [0.717, 1.165) is 27.6 Å². The van der Waals surface area contributed by atoms with Crippen LogP contribution in [0.25, 0.3) is 10.8 Å². The molecule has 0 aliphatic carbocycles. The molecule has 3 aromatic rings.